The van der Waals surface area contributed by atoms with E-state index >= 15 is 0 Å². The molecule has 134 valence electrons. The number of hydrogen-bond acceptors (Lipinski definition) is 3. The highest BCUT2D eigenvalue weighted by Gasteiger charge is 2.59. The molecule has 2 N–H and O–H groups in total. The average Bonchev–Trinajstić information content (AvgIpc) is 2.80. The Morgan fingerprint density at radius 3 is 2.83 bits per heavy atom. The number of rotatable bonds is 5. The van der Waals surface area contributed by atoms with Gasteiger partial charge in [-0.05, 0) is 26.2 Å². The first kappa shape index (κ1) is 17.1. The van der Waals surface area contributed by atoms with Crippen LogP contribution in [-0.4, -0.2) is 40.7 Å². The fourth-order valence-corrected chi connectivity index (χ4v) is 3.66. The standard InChI is InChI=1S/C15H21F3N4O2/c1-2-24-12-6-11(14(12)4-3-5-14)21-13(23)20-10-7-19-22(8-10)9-15(16,17)18/h7-8,11-12H,2-6,9H2,1H3,(H2,20,21,23)/t11-,12+/m0/s1. The molecule has 1 aromatic heterocycles. The lowest BCUT2D eigenvalue weighted by molar-refractivity contribution is -0.169. The van der Waals surface area contributed by atoms with Gasteiger partial charge in [-0.3, -0.25) is 4.68 Å². The molecule has 0 aliphatic heterocycles. The zero-order valence-corrected chi connectivity index (χ0v) is 13.4. The third-order valence-electron chi connectivity index (χ3n) is 4.98. The monoisotopic (exact) mass is 346 g/mol. The molecule has 2 amide bonds. The van der Waals surface area contributed by atoms with Gasteiger partial charge < -0.3 is 15.4 Å². The van der Waals surface area contributed by atoms with Gasteiger partial charge in [-0.25, -0.2) is 4.79 Å². The Morgan fingerprint density at radius 2 is 2.25 bits per heavy atom. The molecular weight excluding hydrogens is 325 g/mol. The van der Waals surface area contributed by atoms with Crippen molar-refractivity contribution in [2.75, 3.05) is 11.9 Å². The van der Waals surface area contributed by atoms with Gasteiger partial charge in [0.1, 0.15) is 6.54 Å². The molecule has 1 spiro atoms. The molecule has 0 radical (unpaired) electrons. The van der Waals surface area contributed by atoms with Gasteiger partial charge in [-0.2, -0.15) is 18.3 Å². The van der Waals surface area contributed by atoms with Gasteiger partial charge in [0.15, 0.2) is 0 Å². The Labute approximate surface area is 137 Å². The second kappa shape index (κ2) is 6.27. The predicted octanol–water partition coefficient (Wildman–Crippen LogP) is 2.91. The quantitative estimate of drug-likeness (QED) is 0.861. The van der Waals surface area contributed by atoms with Crippen molar-refractivity contribution in [2.45, 2.75) is 57.5 Å². The van der Waals surface area contributed by atoms with Crippen molar-refractivity contribution in [3.05, 3.63) is 12.4 Å². The number of nitrogens with one attached hydrogen (secondary N) is 2. The molecule has 9 heteroatoms. The lowest BCUT2D eigenvalue weighted by Crippen LogP contribution is -2.68. The summed E-state index contributed by atoms with van der Waals surface area (Å²) in [6.07, 6.45) is 2.18. The van der Waals surface area contributed by atoms with Crippen LogP contribution in [0.3, 0.4) is 0 Å². The zero-order chi connectivity index (χ0) is 17.4. The fraction of sp³-hybridized carbons (Fsp3) is 0.733. The molecule has 2 fully saturated rings. The lowest BCUT2D eigenvalue weighted by atomic mass is 9.51. The van der Waals surface area contributed by atoms with E-state index in [1.165, 1.54) is 6.20 Å². The van der Waals surface area contributed by atoms with E-state index in [-0.39, 0.29) is 23.2 Å². The number of aromatic nitrogens is 2. The number of alkyl halides is 3. The van der Waals surface area contributed by atoms with Crippen molar-refractivity contribution >= 4 is 11.7 Å². The van der Waals surface area contributed by atoms with E-state index in [0.29, 0.717) is 6.61 Å². The number of nitrogens with zero attached hydrogens (tertiary/aromatic N) is 2. The number of carbonyl (C=O) groups excluding carboxylic acids is 1. The summed E-state index contributed by atoms with van der Waals surface area (Å²) in [6, 6.07) is -0.374. The molecule has 2 aliphatic carbocycles. The van der Waals surface area contributed by atoms with Crippen LogP contribution in [0.25, 0.3) is 0 Å². The number of anilines is 1. The minimum Gasteiger partial charge on any atom is -0.378 e. The number of carbonyl (C=O) groups is 1. The topological polar surface area (TPSA) is 68.2 Å². The second-order valence-electron chi connectivity index (χ2n) is 6.46. The van der Waals surface area contributed by atoms with Gasteiger partial charge in [0, 0.05) is 24.3 Å². The molecule has 2 atom stereocenters. The Bertz CT molecular complexity index is 598. The number of amides is 2. The Balaban J connectivity index is 1.51. The summed E-state index contributed by atoms with van der Waals surface area (Å²) in [5, 5.41) is 9.05. The molecule has 1 heterocycles. The maximum atomic E-state index is 12.3. The van der Waals surface area contributed by atoms with Crippen LogP contribution in [0.5, 0.6) is 0 Å². The smallest absolute Gasteiger partial charge is 0.378 e. The van der Waals surface area contributed by atoms with Crippen LogP contribution in [-0.2, 0) is 11.3 Å². The molecule has 24 heavy (non-hydrogen) atoms. The molecule has 0 aromatic carbocycles. The van der Waals surface area contributed by atoms with Crippen LogP contribution in [0.1, 0.15) is 32.6 Å². The number of ether oxygens (including phenoxy) is 1. The maximum absolute atomic E-state index is 12.3. The van der Waals surface area contributed by atoms with E-state index in [0.717, 1.165) is 36.6 Å². The van der Waals surface area contributed by atoms with Crippen molar-refractivity contribution in [1.29, 1.82) is 0 Å². The Kier molecular flexibility index (Phi) is 4.46. The van der Waals surface area contributed by atoms with Crippen molar-refractivity contribution in [3.63, 3.8) is 0 Å². The predicted molar refractivity (Wildman–Crippen MR) is 80.5 cm³/mol. The van der Waals surface area contributed by atoms with Crippen molar-refractivity contribution in [2.24, 2.45) is 5.41 Å². The van der Waals surface area contributed by atoms with Crippen LogP contribution in [0.15, 0.2) is 12.4 Å². The van der Waals surface area contributed by atoms with E-state index in [1.54, 1.807) is 0 Å². The summed E-state index contributed by atoms with van der Waals surface area (Å²) in [7, 11) is 0. The van der Waals surface area contributed by atoms with E-state index in [4.69, 9.17) is 4.74 Å². The van der Waals surface area contributed by atoms with Crippen molar-refractivity contribution in [1.82, 2.24) is 15.1 Å². The number of hydrogen-bond donors (Lipinski definition) is 2. The van der Waals surface area contributed by atoms with Gasteiger partial charge >= 0.3 is 12.2 Å². The van der Waals surface area contributed by atoms with Crippen LogP contribution < -0.4 is 10.6 Å². The first-order chi connectivity index (χ1) is 11.3. The lowest BCUT2D eigenvalue weighted by Gasteiger charge is -2.60. The minimum absolute atomic E-state index is 0.0355. The van der Waals surface area contributed by atoms with Gasteiger partial charge in [0.05, 0.1) is 18.0 Å². The third kappa shape index (κ3) is 3.35. The molecule has 2 saturated carbocycles. The zero-order valence-electron chi connectivity index (χ0n) is 13.4. The van der Waals surface area contributed by atoms with E-state index < -0.39 is 18.8 Å². The highest BCUT2D eigenvalue weighted by atomic mass is 19.4. The molecule has 2 aliphatic rings. The first-order valence-corrected chi connectivity index (χ1v) is 8.11. The molecule has 3 rings (SSSR count). The Hall–Kier alpha value is -1.77. The SMILES string of the molecule is CCO[C@@H]1C[C@H](NC(=O)Nc2cnn(CC(F)(F)F)c2)C12CCC2. The van der Waals surface area contributed by atoms with Crippen molar-refractivity contribution < 1.29 is 22.7 Å². The largest absolute Gasteiger partial charge is 0.408 e. The van der Waals surface area contributed by atoms with E-state index in [9.17, 15) is 18.0 Å². The maximum Gasteiger partial charge on any atom is 0.408 e. The summed E-state index contributed by atoms with van der Waals surface area (Å²) in [4.78, 5) is 12.1. The average molecular weight is 346 g/mol. The highest BCUT2D eigenvalue weighted by Crippen LogP contribution is 2.57. The summed E-state index contributed by atoms with van der Waals surface area (Å²) < 4.78 is 43.4. The number of halogens is 3. The van der Waals surface area contributed by atoms with Crippen LogP contribution in [0.2, 0.25) is 0 Å². The third-order valence-corrected chi connectivity index (χ3v) is 4.98. The van der Waals surface area contributed by atoms with Crippen LogP contribution >= 0.6 is 0 Å². The first-order valence-electron chi connectivity index (χ1n) is 8.11. The molecule has 6 nitrogen and oxygen atoms in total. The van der Waals surface area contributed by atoms with Crippen LogP contribution in [0.4, 0.5) is 23.7 Å². The normalized spacial score (nSPS) is 25.0. The van der Waals surface area contributed by atoms with E-state index in [1.807, 2.05) is 6.92 Å². The van der Waals surface area contributed by atoms with Crippen molar-refractivity contribution in [3.8, 4) is 0 Å². The molecule has 1 aromatic rings. The summed E-state index contributed by atoms with van der Waals surface area (Å²) in [6.45, 7) is 1.43. The minimum atomic E-state index is -4.34. The van der Waals surface area contributed by atoms with E-state index in [2.05, 4.69) is 15.7 Å². The molecule has 0 saturated heterocycles. The van der Waals surface area contributed by atoms with Gasteiger partial charge in [-0.1, -0.05) is 6.42 Å². The van der Waals surface area contributed by atoms with Gasteiger partial charge in [0.2, 0.25) is 0 Å². The molecule has 0 bridgehead atoms. The van der Waals surface area contributed by atoms with Crippen LogP contribution in [0, 0.1) is 5.41 Å². The summed E-state index contributed by atoms with van der Waals surface area (Å²) in [5.74, 6) is 0. The highest BCUT2D eigenvalue weighted by molar-refractivity contribution is 5.89. The van der Waals surface area contributed by atoms with Gasteiger partial charge in [-0.15, -0.1) is 0 Å². The fourth-order valence-electron chi connectivity index (χ4n) is 3.66. The summed E-state index contributed by atoms with van der Waals surface area (Å²) >= 11 is 0. The number of urea groups is 1. The molecular formula is C15H21F3N4O2. The molecule has 0 unspecified atom stereocenters. The summed E-state index contributed by atoms with van der Waals surface area (Å²) in [5.41, 5.74) is 0.272. The second-order valence-corrected chi connectivity index (χ2v) is 6.46. The Morgan fingerprint density at radius 1 is 1.50 bits per heavy atom. The van der Waals surface area contributed by atoms with Gasteiger partial charge in [0.25, 0.3) is 0 Å².